The summed E-state index contributed by atoms with van der Waals surface area (Å²) < 4.78 is 43.7. The van der Waals surface area contributed by atoms with Crippen molar-refractivity contribution in [3.8, 4) is 0 Å². The van der Waals surface area contributed by atoms with Crippen LogP contribution in [-0.2, 0) is 10.2 Å². The van der Waals surface area contributed by atoms with Crippen molar-refractivity contribution >= 4 is 33.2 Å². The van der Waals surface area contributed by atoms with E-state index in [9.17, 15) is 12.8 Å². The topological polar surface area (TPSA) is 52.6 Å². The van der Waals surface area contributed by atoms with Gasteiger partial charge < -0.3 is 5.32 Å². The van der Waals surface area contributed by atoms with Crippen LogP contribution in [0.2, 0.25) is 5.02 Å². The standard InChI is InChI=1S/C19H23ClFN3O2S/c1-13(2)23-18-6-4-5-7-19(18)24(27(23,25)26)17(8-9-22-3)14-10-15(20)12-16(21)11-14/h4-7,10-13,17,22H,8-9H2,1-3H3/t17-/m0/s1. The number of nitrogens with one attached hydrogen (secondary N) is 1. The maximum atomic E-state index is 14.0. The summed E-state index contributed by atoms with van der Waals surface area (Å²) in [7, 11) is -2.02. The first-order chi connectivity index (χ1) is 12.8. The molecule has 0 unspecified atom stereocenters. The van der Waals surface area contributed by atoms with Crippen LogP contribution in [0, 0.1) is 5.82 Å². The Bertz CT molecular complexity index is 916. The van der Waals surface area contributed by atoms with E-state index in [0.29, 0.717) is 29.9 Å². The Hall–Kier alpha value is -1.83. The molecule has 5 nitrogen and oxygen atoms in total. The maximum absolute atomic E-state index is 14.0. The molecule has 2 aromatic rings. The predicted molar refractivity (Wildman–Crippen MR) is 108 cm³/mol. The largest absolute Gasteiger partial charge is 0.327 e. The second-order valence-electron chi connectivity index (χ2n) is 6.79. The van der Waals surface area contributed by atoms with E-state index in [1.165, 1.54) is 20.7 Å². The first-order valence-corrected chi connectivity index (χ1v) is 10.6. The van der Waals surface area contributed by atoms with Gasteiger partial charge in [-0.05, 0) is 69.8 Å². The highest BCUT2D eigenvalue weighted by Crippen LogP contribution is 2.47. The van der Waals surface area contributed by atoms with Crippen LogP contribution in [0.3, 0.4) is 0 Å². The van der Waals surface area contributed by atoms with Crippen molar-refractivity contribution in [2.24, 2.45) is 0 Å². The molecule has 0 bridgehead atoms. The monoisotopic (exact) mass is 411 g/mol. The van der Waals surface area contributed by atoms with Gasteiger partial charge in [-0.3, -0.25) is 0 Å². The van der Waals surface area contributed by atoms with Crippen LogP contribution in [-0.4, -0.2) is 28.1 Å². The van der Waals surface area contributed by atoms with Crippen LogP contribution < -0.4 is 13.9 Å². The lowest BCUT2D eigenvalue weighted by atomic mass is 10.0. The lowest BCUT2D eigenvalue weighted by Gasteiger charge is -2.31. The summed E-state index contributed by atoms with van der Waals surface area (Å²) in [4.78, 5) is 0. The summed E-state index contributed by atoms with van der Waals surface area (Å²) in [5, 5.41) is 3.28. The van der Waals surface area contributed by atoms with Crippen LogP contribution in [0.4, 0.5) is 15.8 Å². The second kappa shape index (κ2) is 7.66. The molecule has 0 aliphatic carbocycles. The van der Waals surface area contributed by atoms with E-state index >= 15 is 0 Å². The van der Waals surface area contributed by atoms with Gasteiger partial charge in [-0.15, -0.1) is 0 Å². The van der Waals surface area contributed by atoms with Crippen LogP contribution in [0.1, 0.15) is 31.9 Å². The zero-order valence-corrected chi connectivity index (χ0v) is 17.1. The SMILES string of the molecule is CNCC[C@@H](c1cc(F)cc(Cl)c1)N1c2ccccc2N(C(C)C)S1(=O)=O. The Labute approximate surface area is 164 Å². The molecule has 0 radical (unpaired) electrons. The van der Waals surface area contributed by atoms with Gasteiger partial charge in [0.05, 0.1) is 17.4 Å². The molecule has 0 spiro atoms. The van der Waals surface area contributed by atoms with Gasteiger partial charge in [-0.2, -0.15) is 8.42 Å². The van der Waals surface area contributed by atoms with Gasteiger partial charge in [0.2, 0.25) is 0 Å². The normalized spacial score (nSPS) is 16.7. The van der Waals surface area contributed by atoms with Gasteiger partial charge in [0.25, 0.3) is 0 Å². The third-order valence-electron chi connectivity index (χ3n) is 4.54. The summed E-state index contributed by atoms with van der Waals surface area (Å²) in [5.74, 6) is -0.488. The van der Waals surface area contributed by atoms with Gasteiger partial charge in [-0.25, -0.2) is 13.0 Å². The minimum Gasteiger partial charge on any atom is -0.320 e. The fourth-order valence-electron chi connectivity index (χ4n) is 3.52. The highest BCUT2D eigenvalue weighted by Gasteiger charge is 2.45. The third-order valence-corrected chi connectivity index (χ3v) is 6.83. The number of anilines is 2. The molecule has 0 amide bonds. The highest BCUT2D eigenvalue weighted by molar-refractivity contribution is 7.94. The molecule has 146 valence electrons. The molecule has 0 saturated carbocycles. The van der Waals surface area contributed by atoms with Gasteiger partial charge in [0.1, 0.15) is 5.82 Å². The van der Waals surface area contributed by atoms with Crippen LogP contribution in [0.5, 0.6) is 0 Å². The van der Waals surface area contributed by atoms with Crippen molar-refractivity contribution in [2.75, 3.05) is 22.2 Å². The lowest BCUT2D eigenvalue weighted by molar-refractivity contribution is 0.555. The molecule has 1 aliphatic heterocycles. The fraction of sp³-hybridized carbons (Fsp3) is 0.368. The summed E-state index contributed by atoms with van der Waals surface area (Å²) in [6.45, 7) is 4.23. The number of hydrogen-bond acceptors (Lipinski definition) is 3. The van der Waals surface area contributed by atoms with E-state index in [-0.39, 0.29) is 11.1 Å². The van der Waals surface area contributed by atoms with Gasteiger partial charge in [-0.1, -0.05) is 23.7 Å². The number of benzene rings is 2. The maximum Gasteiger partial charge on any atom is 0.327 e. The number of nitrogens with zero attached hydrogens (tertiary/aromatic N) is 2. The summed E-state index contributed by atoms with van der Waals surface area (Å²) in [5.41, 5.74) is 1.75. The number of fused-ring (bicyclic) bond motifs is 1. The van der Waals surface area contributed by atoms with Crippen molar-refractivity contribution in [3.05, 3.63) is 58.9 Å². The molecular formula is C19H23ClFN3O2S. The first kappa shape index (κ1) is 19.9. The third kappa shape index (κ3) is 3.63. The predicted octanol–water partition coefficient (Wildman–Crippen LogP) is 4.11. The summed E-state index contributed by atoms with van der Waals surface area (Å²) >= 11 is 6.05. The van der Waals surface area contributed by atoms with Crippen LogP contribution >= 0.6 is 11.6 Å². The molecule has 0 aromatic heterocycles. The smallest absolute Gasteiger partial charge is 0.320 e. The van der Waals surface area contributed by atoms with Gasteiger partial charge >= 0.3 is 10.2 Å². The molecule has 3 rings (SSSR count). The minimum absolute atomic E-state index is 0.241. The zero-order chi connectivity index (χ0) is 19.8. The molecule has 27 heavy (non-hydrogen) atoms. The van der Waals surface area contributed by atoms with Crippen molar-refractivity contribution < 1.29 is 12.8 Å². The first-order valence-electron chi connectivity index (χ1n) is 8.80. The van der Waals surface area contributed by atoms with Crippen molar-refractivity contribution in [1.82, 2.24) is 5.32 Å². The lowest BCUT2D eigenvalue weighted by Crippen LogP contribution is -2.43. The second-order valence-corrected chi connectivity index (χ2v) is 8.91. The number of para-hydroxylation sites is 2. The minimum atomic E-state index is -3.82. The van der Waals surface area contributed by atoms with E-state index in [2.05, 4.69) is 5.32 Å². The Balaban J connectivity index is 2.19. The number of halogens is 2. The number of hydrogen-bond donors (Lipinski definition) is 1. The number of rotatable bonds is 6. The van der Waals surface area contributed by atoms with E-state index in [0.717, 1.165) is 0 Å². The Morgan fingerprint density at radius 2 is 1.74 bits per heavy atom. The Morgan fingerprint density at radius 1 is 1.11 bits per heavy atom. The fourth-order valence-corrected chi connectivity index (χ4v) is 5.83. The molecule has 1 heterocycles. The molecule has 2 aromatic carbocycles. The zero-order valence-electron chi connectivity index (χ0n) is 15.5. The molecule has 1 atom stereocenters. The van der Waals surface area contributed by atoms with E-state index < -0.39 is 22.1 Å². The van der Waals surface area contributed by atoms with Gasteiger partial charge in [0, 0.05) is 11.1 Å². The van der Waals surface area contributed by atoms with E-state index in [4.69, 9.17) is 11.6 Å². The Morgan fingerprint density at radius 3 is 2.30 bits per heavy atom. The molecule has 0 fully saturated rings. The average molecular weight is 412 g/mol. The average Bonchev–Trinajstić information content (AvgIpc) is 2.81. The summed E-state index contributed by atoms with van der Waals surface area (Å²) in [6, 6.07) is 10.6. The van der Waals surface area contributed by atoms with Crippen LogP contribution in [0.25, 0.3) is 0 Å². The van der Waals surface area contributed by atoms with Gasteiger partial charge in [0.15, 0.2) is 0 Å². The van der Waals surface area contributed by atoms with Crippen molar-refractivity contribution in [1.29, 1.82) is 0 Å². The molecule has 1 N–H and O–H groups in total. The quantitative estimate of drug-likeness (QED) is 0.778. The van der Waals surface area contributed by atoms with Crippen molar-refractivity contribution in [3.63, 3.8) is 0 Å². The molecule has 1 aliphatic rings. The van der Waals surface area contributed by atoms with E-state index in [1.807, 2.05) is 19.9 Å². The Kier molecular flexibility index (Phi) is 5.65. The molecule has 8 heteroatoms. The molecular weight excluding hydrogens is 389 g/mol. The van der Waals surface area contributed by atoms with E-state index in [1.54, 1.807) is 31.3 Å². The van der Waals surface area contributed by atoms with Crippen LogP contribution in [0.15, 0.2) is 42.5 Å². The van der Waals surface area contributed by atoms with Crippen molar-refractivity contribution in [2.45, 2.75) is 32.4 Å². The summed E-state index contributed by atoms with van der Waals surface area (Å²) in [6.07, 6.45) is 0.468. The highest BCUT2D eigenvalue weighted by atomic mass is 35.5. The molecule has 0 saturated heterocycles.